The minimum Gasteiger partial charge on any atom is -0.366 e. The molecule has 0 bridgehead atoms. The highest BCUT2D eigenvalue weighted by Gasteiger charge is 2.21. The average molecular weight is 391 g/mol. The van der Waals surface area contributed by atoms with Crippen LogP contribution >= 0.6 is 0 Å². The first-order valence-corrected chi connectivity index (χ1v) is 9.95. The lowest BCUT2D eigenvalue weighted by molar-refractivity contribution is 0.596. The van der Waals surface area contributed by atoms with Gasteiger partial charge in [0, 0.05) is 45.8 Å². The number of anilines is 3. The second kappa shape index (κ2) is 8.47. The number of aromatic nitrogens is 2. The van der Waals surface area contributed by atoms with Gasteiger partial charge in [-0.05, 0) is 24.6 Å². The van der Waals surface area contributed by atoms with Gasteiger partial charge < -0.3 is 14.7 Å². The second-order valence-corrected chi connectivity index (χ2v) is 7.40. The van der Waals surface area contributed by atoms with E-state index >= 15 is 0 Å². The Labute approximate surface area is 171 Å². The maximum atomic E-state index is 14.1. The molecule has 1 aliphatic heterocycles. The molecule has 6 heteroatoms. The van der Waals surface area contributed by atoms with E-state index in [1.807, 2.05) is 25.1 Å². The first-order chi connectivity index (χ1) is 14.1. The third-order valence-electron chi connectivity index (χ3n) is 5.26. The fourth-order valence-electron chi connectivity index (χ4n) is 3.72. The number of rotatable bonds is 5. The molecule has 1 aromatic heterocycles. The van der Waals surface area contributed by atoms with Crippen molar-refractivity contribution >= 4 is 17.3 Å². The molecular formula is C23H26FN5. The van der Waals surface area contributed by atoms with Crippen molar-refractivity contribution in [3.8, 4) is 0 Å². The standard InChI is InChI=1S/C23H26FN5/c1-18-25-22(27(2)17-19-8-4-3-5-9-19)16-23(26-18)29-14-12-28(13-15-29)21-11-7-6-10-20(21)24/h3-11,16H,12-15,17H2,1-2H3. The summed E-state index contributed by atoms with van der Waals surface area (Å²) in [5.41, 5.74) is 1.92. The molecular weight excluding hydrogens is 365 g/mol. The molecule has 2 heterocycles. The van der Waals surface area contributed by atoms with E-state index in [1.165, 1.54) is 11.6 Å². The maximum Gasteiger partial charge on any atom is 0.146 e. The molecule has 1 fully saturated rings. The molecule has 0 aliphatic carbocycles. The third kappa shape index (κ3) is 4.47. The maximum absolute atomic E-state index is 14.1. The van der Waals surface area contributed by atoms with Gasteiger partial charge in [0.15, 0.2) is 0 Å². The van der Waals surface area contributed by atoms with E-state index < -0.39 is 0 Å². The van der Waals surface area contributed by atoms with Gasteiger partial charge >= 0.3 is 0 Å². The normalized spacial score (nSPS) is 14.2. The van der Waals surface area contributed by atoms with Gasteiger partial charge in [0.25, 0.3) is 0 Å². The Kier molecular flexibility index (Phi) is 5.60. The highest BCUT2D eigenvalue weighted by molar-refractivity contribution is 5.54. The van der Waals surface area contributed by atoms with Gasteiger partial charge in [-0.2, -0.15) is 0 Å². The van der Waals surface area contributed by atoms with Gasteiger partial charge in [-0.1, -0.05) is 42.5 Å². The van der Waals surface area contributed by atoms with E-state index in [0.717, 1.165) is 50.2 Å². The van der Waals surface area contributed by atoms with E-state index in [0.29, 0.717) is 5.69 Å². The topological polar surface area (TPSA) is 35.5 Å². The summed E-state index contributed by atoms with van der Waals surface area (Å²) in [7, 11) is 2.05. The van der Waals surface area contributed by atoms with E-state index in [2.05, 4.69) is 62.0 Å². The first kappa shape index (κ1) is 19.2. The number of nitrogens with zero attached hydrogens (tertiary/aromatic N) is 5. The van der Waals surface area contributed by atoms with Crippen molar-refractivity contribution in [3.63, 3.8) is 0 Å². The smallest absolute Gasteiger partial charge is 0.146 e. The number of para-hydroxylation sites is 1. The molecule has 0 saturated carbocycles. The van der Waals surface area contributed by atoms with Crippen LogP contribution in [-0.4, -0.2) is 43.2 Å². The van der Waals surface area contributed by atoms with Crippen LogP contribution in [0.25, 0.3) is 0 Å². The van der Waals surface area contributed by atoms with Crippen molar-refractivity contribution in [2.45, 2.75) is 13.5 Å². The van der Waals surface area contributed by atoms with Gasteiger partial charge in [0.05, 0.1) is 5.69 Å². The Bertz CT molecular complexity index is 954. The van der Waals surface area contributed by atoms with Gasteiger partial charge in [-0.25, -0.2) is 14.4 Å². The van der Waals surface area contributed by atoms with Gasteiger partial charge in [0.1, 0.15) is 23.3 Å². The molecule has 4 rings (SSSR count). The van der Waals surface area contributed by atoms with Crippen molar-refractivity contribution in [1.82, 2.24) is 9.97 Å². The molecule has 1 aliphatic rings. The second-order valence-electron chi connectivity index (χ2n) is 7.40. The predicted molar refractivity (Wildman–Crippen MR) is 116 cm³/mol. The summed E-state index contributed by atoms with van der Waals surface area (Å²) in [5.74, 6) is 2.44. The fraction of sp³-hybridized carbons (Fsp3) is 0.304. The summed E-state index contributed by atoms with van der Waals surface area (Å²) in [4.78, 5) is 15.8. The lowest BCUT2D eigenvalue weighted by Crippen LogP contribution is -2.47. The first-order valence-electron chi connectivity index (χ1n) is 9.95. The van der Waals surface area contributed by atoms with Crippen LogP contribution in [0.4, 0.5) is 21.7 Å². The van der Waals surface area contributed by atoms with Gasteiger partial charge in [0.2, 0.25) is 0 Å². The van der Waals surface area contributed by atoms with Crippen molar-refractivity contribution in [3.05, 3.63) is 77.9 Å². The van der Waals surface area contributed by atoms with Crippen LogP contribution in [0.15, 0.2) is 60.7 Å². The number of benzene rings is 2. The molecule has 5 nitrogen and oxygen atoms in total. The van der Waals surface area contributed by atoms with Crippen LogP contribution in [0, 0.1) is 12.7 Å². The molecule has 2 aromatic carbocycles. The summed E-state index contributed by atoms with van der Waals surface area (Å²) in [5, 5.41) is 0. The summed E-state index contributed by atoms with van der Waals surface area (Å²) in [6, 6.07) is 19.4. The minimum absolute atomic E-state index is 0.163. The summed E-state index contributed by atoms with van der Waals surface area (Å²) in [6.45, 7) is 5.84. The Morgan fingerprint density at radius 1 is 0.897 bits per heavy atom. The zero-order valence-corrected chi connectivity index (χ0v) is 16.9. The lowest BCUT2D eigenvalue weighted by Gasteiger charge is -2.37. The van der Waals surface area contributed by atoms with Gasteiger partial charge in [-0.15, -0.1) is 0 Å². The zero-order valence-electron chi connectivity index (χ0n) is 16.9. The fourth-order valence-corrected chi connectivity index (χ4v) is 3.72. The van der Waals surface area contributed by atoms with Gasteiger partial charge in [-0.3, -0.25) is 0 Å². The summed E-state index contributed by atoms with van der Waals surface area (Å²) in [6.07, 6.45) is 0. The SMILES string of the molecule is Cc1nc(N(C)Cc2ccccc2)cc(N2CCN(c3ccccc3F)CC2)n1. The number of piperazine rings is 1. The van der Waals surface area contributed by atoms with E-state index in [1.54, 1.807) is 6.07 Å². The van der Waals surface area contributed by atoms with Crippen molar-refractivity contribution < 1.29 is 4.39 Å². The Hall–Kier alpha value is -3.15. The lowest BCUT2D eigenvalue weighted by atomic mass is 10.2. The van der Waals surface area contributed by atoms with E-state index in [4.69, 9.17) is 0 Å². The molecule has 150 valence electrons. The van der Waals surface area contributed by atoms with Crippen molar-refractivity contribution in [1.29, 1.82) is 0 Å². The molecule has 0 N–H and O–H groups in total. The number of halogens is 1. The van der Waals surface area contributed by atoms with Crippen LogP contribution < -0.4 is 14.7 Å². The van der Waals surface area contributed by atoms with Crippen molar-refractivity contribution in [2.75, 3.05) is 47.9 Å². The number of hydrogen-bond donors (Lipinski definition) is 0. The highest BCUT2D eigenvalue weighted by Crippen LogP contribution is 2.24. The van der Waals surface area contributed by atoms with Crippen LogP contribution in [0.2, 0.25) is 0 Å². The third-order valence-corrected chi connectivity index (χ3v) is 5.26. The highest BCUT2D eigenvalue weighted by atomic mass is 19.1. The molecule has 0 radical (unpaired) electrons. The summed E-state index contributed by atoms with van der Waals surface area (Å²) >= 11 is 0. The van der Waals surface area contributed by atoms with Crippen LogP contribution in [0.5, 0.6) is 0 Å². The Morgan fingerprint density at radius 3 is 2.28 bits per heavy atom. The zero-order chi connectivity index (χ0) is 20.2. The molecule has 1 saturated heterocycles. The largest absolute Gasteiger partial charge is 0.366 e. The van der Waals surface area contributed by atoms with Crippen molar-refractivity contribution in [2.24, 2.45) is 0 Å². The molecule has 0 amide bonds. The average Bonchev–Trinajstić information content (AvgIpc) is 2.74. The molecule has 0 atom stereocenters. The Balaban J connectivity index is 1.46. The molecule has 0 spiro atoms. The minimum atomic E-state index is -0.163. The molecule has 3 aromatic rings. The molecule has 0 unspecified atom stereocenters. The van der Waals surface area contributed by atoms with Crippen LogP contribution in [0.3, 0.4) is 0 Å². The number of hydrogen-bond acceptors (Lipinski definition) is 5. The molecule has 29 heavy (non-hydrogen) atoms. The Morgan fingerprint density at radius 2 is 1.55 bits per heavy atom. The van der Waals surface area contributed by atoms with E-state index in [9.17, 15) is 4.39 Å². The predicted octanol–water partition coefficient (Wildman–Crippen LogP) is 3.89. The summed E-state index contributed by atoms with van der Waals surface area (Å²) < 4.78 is 14.1. The van der Waals surface area contributed by atoms with Crippen LogP contribution in [0.1, 0.15) is 11.4 Å². The van der Waals surface area contributed by atoms with E-state index in [-0.39, 0.29) is 5.82 Å². The number of aryl methyl sites for hydroxylation is 1. The quantitative estimate of drug-likeness (QED) is 0.659. The van der Waals surface area contributed by atoms with Crippen LogP contribution in [-0.2, 0) is 6.54 Å². The monoisotopic (exact) mass is 391 g/mol.